The van der Waals surface area contributed by atoms with E-state index in [1.54, 1.807) is 18.2 Å². The molecule has 0 saturated carbocycles. The van der Waals surface area contributed by atoms with Crippen molar-refractivity contribution >= 4 is 23.2 Å². The van der Waals surface area contributed by atoms with Crippen LogP contribution in [0.4, 0.5) is 4.39 Å². The predicted octanol–water partition coefficient (Wildman–Crippen LogP) is 4.99. The quantitative estimate of drug-likeness (QED) is 0.835. The van der Waals surface area contributed by atoms with Gasteiger partial charge in [-0.1, -0.05) is 35.3 Å². The van der Waals surface area contributed by atoms with Gasteiger partial charge in [0, 0.05) is 22.6 Å². The SMILES string of the molecule is COc1ccc(CNC(C)c2ccc(Cl)cc2Cl)cc1F. The molecule has 1 N–H and O–H groups in total. The van der Waals surface area contributed by atoms with Crippen LogP contribution in [0.25, 0.3) is 0 Å². The van der Waals surface area contributed by atoms with E-state index in [-0.39, 0.29) is 17.6 Å². The summed E-state index contributed by atoms with van der Waals surface area (Å²) in [6, 6.07) is 10.3. The molecule has 1 atom stereocenters. The Kier molecular flexibility index (Phi) is 5.45. The summed E-state index contributed by atoms with van der Waals surface area (Å²) in [4.78, 5) is 0. The van der Waals surface area contributed by atoms with Gasteiger partial charge in [-0.2, -0.15) is 0 Å². The third-order valence-electron chi connectivity index (χ3n) is 3.26. The monoisotopic (exact) mass is 327 g/mol. The highest BCUT2D eigenvalue weighted by atomic mass is 35.5. The molecule has 0 aliphatic carbocycles. The summed E-state index contributed by atoms with van der Waals surface area (Å²) in [6.07, 6.45) is 0. The van der Waals surface area contributed by atoms with E-state index in [0.717, 1.165) is 11.1 Å². The highest BCUT2D eigenvalue weighted by Gasteiger charge is 2.10. The fourth-order valence-corrected chi connectivity index (χ4v) is 2.63. The minimum Gasteiger partial charge on any atom is -0.494 e. The van der Waals surface area contributed by atoms with E-state index >= 15 is 0 Å². The van der Waals surface area contributed by atoms with Gasteiger partial charge in [0.15, 0.2) is 11.6 Å². The van der Waals surface area contributed by atoms with Crippen molar-refractivity contribution in [3.63, 3.8) is 0 Å². The van der Waals surface area contributed by atoms with Gasteiger partial charge in [0.25, 0.3) is 0 Å². The van der Waals surface area contributed by atoms with Crippen molar-refractivity contribution in [1.82, 2.24) is 5.32 Å². The Bertz CT molecular complexity index is 634. The number of hydrogen-bond acceptors (Lipinski definition) is 2. The van der Waals surface area contributed by atoms with Gasteiger partial charge in [0.05, 0.1) is 7.11 Å². The molecule has 0 aliphatic rings. The number of methoxy groups -OCH3 is 1. The first-order valence-electron chi connectivity index (χ1n) is 6.52. The molecule has 0 aromatic heterocycles. The maximum Gasteiger partial charge on any atom is 0.165 e. The Morgan fingerprint density at radius 2 is 1.95 bits per heavy atom. The summed E-state index contributed by atoms with van der Waals surface area (Å²) in [5.74, 6) is -0.124. The van der Waals surface area contributed by atoms with E-state index in [9.17, 15) is 4.39 Å². The molecular formula is C16H16Cl2FNO. The summed E-state index contributed by atoms with van der Waals surface area (Å²) >= 11 is 12.1. The number of halogens is 3. The predicted molar refractivity (Wildman–Crippen MR) is 84.7 cm³/mol. The van der Waals surface area contributed by atoms with Gasteiger partial charge in [-0.3, -0.25) is 0 Å². The largest absolute Gasteiger partial charge is 0.494 e. The molecule has 0 heterocycles. The van der Waals surface area contributed by atoms with E-state index in [1.165, 1.54) is 13.2 Å². The van der Waals surface area contributed by atoms with Crippen LogP contribution in [0.15, 0.2) is 36.4 Å². The van der Waals surface area contributed by atoms with Crippen LogP contribution in [-0.2, 0) is 6.54 Å². The van der Waals surface area contributed by atoms with Crippen molar-refractivity contribution in [1.29, 1.82) is 0 Å². The lowest BCUT2D eigenvalue weighted by atomic mass is 10.1. The first-order chi connectivity index (χ1) is 10.0. The maximum atomic E-state index is 13.6. The second-order valence-corrected chi connectivity index (χ2v) is 5.58. The smallest absolute Gasteiger partial charge is 0.165 e. The van der Waals surface area contributed by atoms with Crippen LogP contribution in [0.1, 0.15) is 24.1 Å². The zero-order chi connectivity index (χ0) is 15.4. The van der Waals surface area contributed by atoms with Crippen LogP contribution in [-0.4, -0.2) is 7.11 Å². The van der Waals surface area contributed by atoms with Gasteiger partial charge >= 0.3 is 0 Å². The lowest BCUT2D eigenvalue weighted by Crippen LogP contribution is -2.18. The second kappa shape index (κ2) is 7.12. The Morgan fingerprint density at radius 3 is 2.57 bits per heavy atom. The maximum absolute atomic E-state index is 13.6. The van der Waals surface area contributed by atoms with Crippen molar-refractivity contribution in [2.45, 2.75) is 19.5 Å². The second-order valence-electron chi connectivity index (χ2n) is 4.74. The van der Waals surface area contributed by atoms with Crippen LogP contribution >= 0.6 is 23.2 Å². The molecule has 0 fully saturated rings. The molecule has 1 unspecified atom stereocenters. The number of rotatable bonds is 5. The normalized spacial score (nSPS) is 12.2. The lowest BCUT2D eigenvalue weighted by Gasteiger charge is -2.16. The zero-order valence-electron chi connectivity index (χ0n) is 11.8. The van der Waals surface area contributed by atoms with E-state index in [2.05, 4.69) is 5.32 Å². The molecule has 0 saturated heterocycles. The first-order valence-corrected chi connectivity index (χ1v) is 7.27. The molecule has 0 amide bonds. The van der Waals surface area contributed by atoms with Crippen LogP contribution in [0.5, 0.6) is 5.75 Å². The van der Waals surface area contributed by atoms with Gasteiger partial charge in [0.2, 0.25) is 0 Å². The number of hydrogen-bond donors (Lipinski definition) is 1. The van der Waals surface area contributed by atoms with Crippen molar-refractivity contribution in [2.24, 2.45) is 0 Å². The Morgan fingerprint density at radius 1 is 1.19 bits per heavy atom. The molecule has 2 aromatic carbocycles. The fourth-order valence-electron chi connectivity index (χ4n) is 2.05. The van der Waals surface area contributed by atoms with Crippen LogP contribution in [0.3, 0.4) is 0 Å². The van der Waals surface area contributed by atoms with Crippen molar-refractivity contribution in [3.8, 4) is 5.75 Å². The molecule has 2 aromatic rings. The number of nitrogens with one attached hydrogen (secondary N) is 1. The molecule has 0 aliphatic heterocycles. The average molecular weight is 328 g/mol. The van der Waals surface area contributed by atoms with Crippen molar-refractivity contribution in [3.05, 3.63) is 63.4 Å². The van der Waals surface area contributed by atoms with E-state index in [4.69, 9.17) is 27.9 Å². The zero-order valence-corrected chi connectivity index (χ0v) is 13.3. The molecule has 0 spiro atoms. The highest BCUT2D eigenvalue weighted by molar-refractivity contribution is 6.35. The van der Waals surface area contributed by atoms with Crippen molar-refractivity contribution < 1.29 is 9.13 Å². The van der Waals surface area contributed by atoms with E-state index < -0.39 is 0 Å². The summed E-state index contributed by atoms with van der Waals surface area (Å²) in [5.41, 5.74) is 1.79. The number of ether oxygens (including phenoxy) is 1. The van der Waals surface area contributed by atoms with Crippen LogP contribution in [0, 0.1) is 5.82 Å². The summed E-state index contributed by atoms with van der Waals surface area (Å²) in [7, 11) is 1.45. The van der Waals surface area contributed by atoms with Crippen LogP contribution < -0.4 is 10.1 Å². The number of benzene rings is 2. The first kappa shape index (κ1) is 16.1. The molecule has 2 rings (SSSR count). The van der Waals surface area contributed by atoms with Gasteiger partial charge in [-0.25, -0.2) is 4.39 Å². The lowest BCUT2D eigenvalue weighted by molar-refractivity contribution is 0.386. The standard InChI is InChI=1S/C16H16Cl2FNO/c1-10(13-5-4-12(17)8-14(13)18)20-9-11-3-6-16(21-2)15(19)7-11/h3-8,10,20H,9H2,1-2H3. The third-order valence-corrected chi connectivity index (χ3v) is 3.82. The molecule has 0 radical (unpaired) electrons. The summed E-state index contributed by atoms with van der Waals surface area (Å²) < 4.78 is 18.5. The third kappa shape index (κ3) is 4.10. The fraction of sp³-hybridized carbons (Fsp3) is 0.250. The van der Waals surface area contributed by atoms with Gasteiger partial charge in [-0.05, 0) is 42.3 Å². The summed E-state index contributed by atoms with van der Waals surface area (Å²) in [5, 5.41) is 4.52. The molecule has 5 heteroatoms. The average Bonchev–Trinajstić information content (AvgIpc) is 2.45. The minimum atomic E-state index is -0.367. The van der Waals surface area contributed by atoms with Crippen LogP contribution in [0.2, 0.25) is 10.0 Å². The molecular weight excluding hydrogens is 312 g/mol. The molecule has 0 bridgehead atoms. The minimum absolute atomic E-state index is 0.0277. The molecule has 2 nitrogen and oxygen atoms in total. The van der Waals surface area contributed by atoms with E-state index in [0.29, 0.717) is 16.6 Å². The van der Waals surface area contributed by atoms with Crippen molar-refractivity contribution in [2.75, 3.05) is 7.11 Å². The molecule has 112 valence electrons. The Balaban J connectivity index is 2.03. The van der Waals surface area contributed by atoms with E-state index in [1.807, 2.05) is 19.1 Å². The molecule has 21 heavy (non-hydrogen) atoms. The Labute approximate surface area is 133 Å². The Hall–Kier alpha value is -1.29. The van der Waals surface area contributed by atoms with Gasteiger partial charge in [0.1, 0.15) is 0 Å². The summed E-state index contributed by atoms with van der Waals surface area (Å²) in [6.45, 7) is 2.52. The topological polar surface area (TPSA) is 21.3 Å². The van der Waals surface area contributed by atoms with Gasteiger partial charge in [-0.15, -0.1) is 0 Å². The van der Waals surface area contributed by atoms with Gasteiger partial charge < -0.3 is 10.1 Å². The highest BCUT2D eigenvalue weighted by Crippen LogP contribution is 2.26.